The summed E-state index contributed by atoms with van der Waals surface area (Å²) in [5.74, 6) is -1.02. The second kappa shape index (κ2) is 53.0. The largest absolute Gasteiger partial charge is 0.519 e. The maximum Gasteiger partial charge on any atom is 0.519 e. The molecule has 0 unspecified atom stereocenters. The zero-order chi connectivity index (χ0) is 111. The number of unbranched alkanes of at least 4 members (excludes halogenated alkanes) is 2. The zero-order valence-electron chi connectivity index (χ0n) is 91.8. The van der Waals surface area contributed by atoms with Gasteiger partial charge >= 0.3 is 51.7 Å². The third-order valence-electron chi connectivity index (χ3n) is 25.3. The number of Topliss-reactive ketones (excluding diaryl/α,β-unsaturated/α-hetero) is 2. The van der Waals surface area contributed by atoms with E-state index in [2.05, 4.69) is 92.6 Å². The molecule has 0 aliphatic carbocycles. The third-order valence-corrected chi connectivity index (χ3v) is 29.0. The molecule has 10 aromatic rings. The van der Waals surface area contributed by atoms with Crippen LogP contribution in [-0.2, 0) is 82.5 Å². The highest BCUT2D eigenvalue weighted by Gasteiger charge is 2.64. The van der Waals surface area contributed by atoms with Gasteiger partial charge in [-0.3, -0.25) is 18.4 Å². The number of ether oxygens (including phenoxy) is 6. The van der Waals surface area contributed by atoms with Crippen molar-refractivity contribution in [3.8, 4) is 11.3 Å². The molecule has 150 heavy (non-hydrogen) atoms. The molecule has 3 amide bonds. The first-order valence-corrected chi connectivity index (χ1v) is 54.8. The Morgan fingerprint density at radius 1 is 0.407 bits per heavy atom. The number of ketones is 2. The number of fused-ring (bicyclic) bond motifs is 6. The zero-order valence-corrected chi connectivity index (χ0v) is 98.2. The second-order valence-electron chi connectivity index (χ2n) is 45.4. The van der Waals surface area contributed by atoms with Crippen LogP contribution in [0.3, 0.4) is 0 Å². The van der Waals surface area contributed by atoms with Gasteiger partial charge in [0.1, 0.15) is 55.9 Å². The molecule has 5 N–H and O–H groups in total. The van der Waals surface area contributed by atoms with Crippen LogP contribution in [0.5, 0.6) is 0 Å². The number of likely N-dealkylation sites (tertiary alicyclic amines) is 2. The maximum absolute atomic E-state index is 15.0. The number of rotatable bonds is 22. The lowest BCUT2D eigenvalue weighted by Gasteiger charge is -2.32. The first-order valence-electron chi connectivity index (χ1n) is 50.8. The fourth-order valence-corrected chi connectivity index (χ4v) is 18.5. The van der Waals surface area contributed by atoms with Crippen LogP contribution in [0.25, 0.3) is 41.6 Å². The van der Waals surface area contributed by atoms with E-state index in [4.69, 9.17) is 57.3 Å². The van der Waals surface area contributed by atoms with Gasteiger partial charge in [-0.15, -0.1) is 0 Å². The smallest absolute Gasteiger partial charge is 0.444 e. The van der Waals surface area contributed by atoms with E-state index in [1.54, 1.807) is 164 Å². The topological polar surface area (TPSA) is 333 Å². The Balaban J connectivity index is 0.000000202. The molecule has 6 aromatic carbocycles. The lowest BCUT2D eigenvalue weighted by molar-refractivity contribution is -0.0295. The summed E-state index contributed by atoms with van der Waals surface area (Å²) < 4.78 is 128. The van der Waals surface area contributed by atoms with Gasteiger partial charge in [0.25, 0.3) is 0 Å². The van der Waals surface area contributed by atoms with Gasteiger partial charge in [-0.1, -0.05) is 65.8 Å². The van der Waals surface area contributed by atoms with Crippen molar-refractivity contribution in [1.29, 1.82) is 0 Å². The van der Waals surface area contributed by atoms with E-state index in [-0.39, 0.29) is 65.2 Å². The molecule has 15 rings (SSSR count). The number of halogens is 7. The molecule has 0 radical (unpaired) electrons. The summed E-state index contributed by atoms with van der Waals surface area (Å²) in [4.78, 5) is 98.1. The van der Waals surface area contributed by atoms with Crippen LogP contribution in [0.2, 0.25) is 0 Å². The van der Waals surface area contributed by atoms with E-state index < -0.39 is 103 Å². The number of hydrogen-bond acceptors (Lipinski definition) is 26. The van der Waals surface area contributed by atoms with Crippen molar-refractivity contribution in [2.24, 2.45) is 5.73 Å². The van der Waals surface area contributed by atoms with Crippen LogP contribution in [-0.4, -0.2) is 193 Å². The number of carbonyl (C=O) groups excluding carboxylic acids is 7. The van der Waals surface area contributed by atoms with Crippen molar-refractivity contribution in [2.75, 3.05) is 39.3 Å². The van der Waals surface area contributed by atoms with Gasteiger partial charge in [0, 0.05) is 73.6 Å². The summed E-state index contributed by atoms with van der Waals surface area (Å²) in [6.45, 7) is 58.0. The molecule has 820 valence electrons. The molecule has 41 heteroatoms. The van der Waals surface area contributed by atoms with E-state index in [1.165, 1.54) is 100 Å². The molecule has 0 spiro atoms. The predicted molar refractivity (Wildman–Crippen MR) is 594 cm³/mol. The van der Waals surface area contributed by atoms with Gasteiger partial charge in [0.15, 0.2) is 21.5 Å². The molecule has 29 nitrogen and oxygen atoms in total. The summed E-state index contributed by atoms with van der Waals surface area (Å²) in [6.07, 6.45) is 13.3. The van der Waals surface area contributed by atoms with Gasteiger partial charge in [0.2, 0.25) is 0 Å². The molecule has 0 saturated carbocycles. The number of nitrogens with one attached hydrogen (secondary N) is 3. The third kappa shape index (κ3) is 38.6. The van der Waals surface area contributed by atoms with E-state index >= 15 is 4.39 Å². The summed E-state index contributed by atoms with van der Waals surface area (Å²) in [7, 11) is -1.70. The number of carbonyl (C=O) groups is 7. The van der Waals surface area contributed by atoms with Crippen LogP contribution in [0.4, 0.5) is 41.5 Å². The monoisotopic (exact) mass is 2310 g/mol. The van der Waals surface area contributed by atoms with E-state index in [9.17, 15) is 46.7 Å². The molecule has 4 aromatic heterocycles. The number of nitrogens with two attached hydrogens (primary N) is 1. The summed E-state index contributed by atoms with van der Waals surface area (Å²) in [5, 5.41) is 7.81. The number of hydrogen-bond donors (Lipinski definition) is 4. The highest BCUT2D eigenvalue weighted by atomic mass is 79.9. The minimum atomic E-state index is -1.06. The Kier molecular flexibility index (Phi) is 44.0. The lowest BCUT2D eigenvalue weighted by atomic mass is 9.49. The van der Waals surface area contributed by atoms with Crippen LogP contribution in [0, 0.1) is 23.3 Å². The van der Waals surface area contributed by atoms with Crippen molar-refractivity contribution in [2.45, 2.75) is 352 Å². The first-order chi connectivity index (χ1) is 69.6. The number of imidazole rings is 2. The number of piperidine rings is 2. The highest BCUT2D eigenvalue weighted by molar-refractivity contribution is 9.11. The highest BCUT2D eigenvalue weighted by Crippen LogP contribution is 2.44. The summed E-state index contributed by atoms with van der Waals surface area (Å²) in [6, 6.07) is 30.9. The first kappa shape index (κ1) is 125. The number of thiazole rings is 2. The number of nitrogens with zero attached hydrogens (tertiary/aromatic N) is 6. The summed E-state index contributed by atoms with van der Waals surface area (Å²) >= 11 is 12.6. The van der Waals surface area contributed by atoms with Gasteiger partial charge in [-0.05, 0) is 426 Å². The number of amides is 3. The van der Waals surface area contributed by atoms with Crippen LogP contribution < -0.4 is 27.1 Å². The minimum Gasteiger partial charge on any atom is -0.444 e. The molecule has 9 heterocycles. The van der Waals surface area contributed by atoms with E-state index in [0.717, 1.165) is 90.4 Å². The standard InChI is InChI=1S/C31H37FN4O3S.C19H22BrN3OS.C18H27BFNO4.C12H24B2O4.C12H15BrFNO2.C10H18O5.C7H7BrFN/c1-31(2,3)39-30(38)33-19-21-10-12-23(24(32)17-21)25-20-36-26-13-11-22(18-28(26)40-29(36)34-25)27(37)9-5-8-16-35-14-6-4-7-15-35;20-18-13-23-15-8-7-14(12-17(15)25-19(23)21-18)16(24)6-2-5-11-22-9-3-1-4-10-22;1-16(2,3)23-15(22)21-11-12-8-9-13(14(20)10-12)19-24-17(4,5)18(6,7)25-19;1-9(2)10(3,4)16-13(15-9)14-17-11(5,6)12(7,8)18-14;1-12(2,3)17-11(16)15-7-8-4-5-9(13)10(14)6-8;1-9(2,3)14-7(11)13-8(12)15-10(4,5)6;8-6-2-1-5(4-10)3-7(6)9/h10-13,17-18,20H,4-9,14-16,19H2,1-3H3,(H,33,38);7-8,12-13H,1-6,9-11H2;8-10H,11H2,1-7H3,(H,21,22);1-8H3;4-6H,7H2,1-3H3,(H,15,16);1-6H3;1-3H,4,10H2. The van der Waals surface area contributed by atoms with Gasteiger partial charge in [0.05, 0.1) is 68.7 Å². The molecule has 0 atom stereocenters. The predicted octanol–water partition coefficient (Wildman–Crippen LogP) is 26.3. The average Bonchev–Trinajstić information content (AvgIpc) is 1.56. The molecule has 5 aliphatic rings. The van der Waals surface area contributed by atoms with Crippen LogP contribution in [0.15, 0.2) is 135 Å². The average molecular weight is 2320 g/mol. The Bertz CT molecular complexity index is 6170. The molecule has 5 fully saturated rings. The number of benzene rings is 6. The van der Waals surface area contributed by atoms with Crippen LogP contribution in [0.1, 0.15) is 307 Å². The maximum atomic E-state index is 15.0. The molecular formula is C109H150B3Br3F4N10O19S2. The van der Waals surface area contributed by atoms with Crippen LogP contribution >= 0.6 is 70.5 Å². The van der Waals surface area contributed by atoms with Crippen molar-refractivity contribution in [1.82, 2.24) is 44.5 Å². The van der Waals surface area contributed by atoms with Gasteiger partial charge in [-0.25, -0.2) is 51.5 Å². The Morgan fingerprint density at radius 3 is 1.11 bits per heavy atom. The van der Waals surface area contributed by atoms with E-state index in [0.29, 0.717) is 61.7 Å². The van der Waals surface area contributed by atoms with E-state index in [1.807, 2.05) is 136 Å². The van der Waals surface area contributed by atoms with Gasteiger partial charge < -0.3 is 87.8 Å². The fourth-order valence-electron chi connectivity index (χ4n) is 15.5. The second-order valence-corrected chi connectivity index (χ2v) is 50.0. The number of alkyl carbamates (subject to hydrolysis) is 3. The molecule has 5 saturated heterocycles. The lowest BCUT2D eigenvalue weighted by Crippen LogP contribution is -2.41. The normalized spacial score (nSPS) is 16.7. The minimum absolute atomic E-state index is 0.161. The molecular weight excluding hydrogens is 2170 g/mol. The molecule has 0 bridgehead atoms. The van der Waals surface area contributed by atoms with Crippen molar-refractivity contribution in [3.63, 3.8) is 0 Å². The summed E-state index contributed by atoms with van der Waals surface area (Å²) in [5.41, 5.74) is 7.33. The Labute approximate surface area is 914 Å². The fraction of sp³-hybridized carbons (Fsp3) is 0.550. The SMILES string of the molecule is CC(C)(C)OC(=O)NCc1ccc(-c2cn3c(n2)sc2cc(C(=O)CCCCN4CCCCC4)ccc23)c(F)c1.CC(C)(C)OC(=O)NCc1ccc(B2OC(C)(C)C(C)(C)O2)c(F)c1.CC(C)(C)OC(=O)NCc1ccc(Br)c(F)c1.CC(C)(C)OC(=O)OC(=O)OC(C)(C)C.CC1(C)OB(B2OC(C)(C)C(C)(C)O2)OC1(C)C.NCc1ccc(Br)c(F)c1.O=C(CCCCN1CCCCC1)c1ccc2c(c1)sc1nc(Br)cn12. The van der Waals surface area contributed by atoms with Crippen molar-refractivity contribution >= 4 is 170 Å². The Hall–Kier alpha value is -8.94. The number of aromatic nitrogens is 4. The quantitative estimate of drug-likeness (QED) is 0.00931. The molecule has 5 aliphatic heterocycles. The Morgan fingerprint density at radius 2 is 0.747 bits per heavy atom. The van der Waals surface area contributed by atoms with Crippen molar-refractivity contribution < 1.29 is 107 Å². The van der Waals surface area contributed by atoms with Crippen molar-refractivity contribution in [3.05, 3.63) is 192 Å². The van der Waals surface area contributed by atoms with Gasteiger partial charge in [-0.2, -0.15) is 0 Å².